The maximum atomic E-state index is 14.6. The standard InChI is InChI=1S/C18H13FN4O3/c1-26-14-7-3-6-13(15(14)19)23-17-12(21-18(23)25)9-20-16(22-17)10-4-2-5-11(24)8-10/h2-9,24H,1H3,(H,21,25). The Kier molecular flexibility index (Phi) is 3.65. The van der Waals surface area contributed by atoms with Crippen molar-refractivity contribution >= 4 is 11.2 Å². The van der Waals surface area contributed by atoms with Gasteiger partial charge in [0.05, 0.1) is 19.0 Å². The summed E-state index contributed by atoms with van der Waals surface area (Å²) in [4.78, 5) is 23.6. The molecule has 130 valence electrons. The lowest BCUT2D eigenvalue weighted by atomic mass is 10.2. The van der Waals surface area contributed by atoms with Crippen molar-refractivity contribution in [2.75, 3.05) is 7.11 Å². The van der Waals surface area contributed by atoms with Gasteiger partial charge in [-0.2, -0.15) is 0 Å². The van der Waals surface area contributed by atoms with Gasteiger partial charge in [0, 0.05) is 5.56 Å². The Morgan fingerprint density at radius 2 is 2.04 bits per heavy atom. The van der Waals surface area contributed by atoms with Gasteiger partial charge in [-0.1, -0.05) is 18.2 Å². The number of aromatic amines is 1. The van der Waals surface area contributed by atoms with E-state index < -0.39 is 11.5 Å². The fourth-order valence-corrected chi connectivity index (χ4v) is 2.74. The summed E-state index contributed by atoms with van der Waals surface area (Å²) in [6.45, 7) is 0. The predicted molar refractivity (Wildman–Crippen MR) is 93.1 cm³/mol. The van der Waals surface area contributed by atoms with Crippen LogP contribution in [0.15, 0.2) is 53.5 Å². The molecule has 0 amide bonds. The number of phenols is 1. The molecule has 2 aromatic heterocycles. The van der Waals surface area contributed by atoms with Gasteiger partial charge in [0.1, 0.15) is 11.3 Å². The second-order valence-electron chi connectivity index (χ2n) is 5.54. The number of methoxy groups -OCH3 is 1. The molecule has 0 bridgehead atoms. The molecule has 4 rings (SSSR count). The summed E-state index contributed by atoms with van der Waals surface area (Å²) in [5, 5.41) is 9.64. The van der Waals surface area contributed by atoms with Crippen molar-refractivity contribution in [2.45, 2.75) is 0 Å². The van der Waals surface area contributed by atoms with Gasteiger partial charge in [-0.15, -0.1) is 0 Å². The molecule has 26 heavy (non-hydrogen) atoms. The first-order valence-corrected chi connectivity index (χ1v) is 7.68. The van der Waals surface area contributed by atoms with Gasteiger partial charge < -0.3 is 14.8 Å². The number of fused-ring (bicyclic) bond motifs is 1. The third-order valence-corrected chi connectivity index (χ3v) is 3.93. The van der Waals surface area contributed by atoms with Crippen LogP contribution in [-0.2, 0) is 0 Å². The Balaban J connectivity index is 1.98. The Morgan fingerprint density at radius 3 is 2.81 bits per heavy atom. The minimum absolute atomic E-state index is 0.0150. The van der Waals surface area contributed by atoms with Gasteiger partial charge in [-0.05, 0) is 24.3 Å². The van der Waals surface area contributed by atoms with Crippen LogP contribution in [0.3, 0.4) is 0 Å². The highest BCUT2D eigenvalue weighted by Crippen LogP contribution is 2.25. The molecule has 0 aliphatic heterocycles. The number of nitrogens with one attached hydrogen (secondary N) is 1. The topological polar surface area (TPSA) is 93.0 Å². The van der Waals surface area contributed by atoms with Crippen LogP contribution in [0.2, 0.25) is 0 Å². The number of aromatic hydroxyl groups is 1. The number of halogens is 1. The molecule has 2 aromatic carbocycles. The van der Waals surface area contributed by atoms with Gasteiger partial charge in [-0.3, -0.25) is 0 Å². The number of aromatic nitrogens is 4. The molecular weight excluding hydrogens is 339 g/mol. The molecule has 0 aliphatic carbocycles. The van der Waals surface area contributed by atoms with E-state index in [0.717, 1.165) is 4.57 Å². The van der Waals surface area contributed by atoms with Gasteiger partial charge in [0.15, 0.2) is 23.0 Å². The van der Waals surface area contributed by atoms with E-state index in [0.29, 0.717) is 16.9 Å². The highest BCUT2D eigenvalue weighted by atomic mass is 19.1. The van der Waals surface area contributed by atoms with Crippen LogP contribution in [0.4, 0.5) is 4.39 Å². The number of rotatable bonds is 3. The summed E-state index contributed by atoms with van der Waals surface area (Å²) in [5.74, 6) is -0.289. The first kappa shape index (κ1) is 15.8. The van der Waals surface area contributed by atoms with Gasteiger partial charge >= 0.3 is 5.69 Å². The van der Waals surface area contributed by atoms with E-state index in [-0.39, 0.29) is 22.8 Å². The molecule has 0 spiro atoms. The molecule has 0 fully saturated rings. The second-order valence-corrected chi connectivity index (χ2v) is 5.54. The van der Waals surface area contributed by atoms with E-state index in [1.54, 1.807) is 18.2 Å². The Morgan fingerprint density at radius 1 is 1.23 bits per heavy atom. The number of hydrogen-bond donors (Lipinski definition) is 2. The zero-order chi connectivity index (χ0) is 18.3. The van der Waals surface area contributed by atoms with Crippen molar-refractivity contribution in [3.05, 3.63) is 65.0 Å². The number of hydrogen-bond acceptors (Lipinski definition) is 5. The third kappa shape index (κ3) is 2.48. The van der Waals surface area contributed by atoms with E-state index in [9.17, 15) is 14.3 Å². The van der Waals surface area contributed by atoms with E-state index in [2.05, 4.69) is 15.0 Å². The molecule has 4 aromatic rings. The van der Waals surface area contributed by atoms with Crippen molar-refractivity contribution in [1.82, 2.24) is 19.5 Å². The monoisotopic (exact) mass is 352 g/mol. The smallest absolute Gasteiger partial charge is 0.332 e. The van der Waals surface area contributed by atoms with Crippen molar-refractivity contribution < 1.29 is 14.2 Å². The number of ether oxygens (including phenoxy) is 1. The quantitative estimate of drug-likeness (QED) is 0.591. The molecule has 2 heterocycles. The highest BCUT2D eigenvalue weighted by molar-refractivity contribution is 5.75. The number of H-pyrrole nitrogens is 1. The lowest BCUT2D eigenvalue weighted by molar-refractivity contribution is 0.385. The van der Waals surface area contributed by atoms with Crippen LogP contribution < -0.4 is 10.4 Å². The fourth-order valence-electron chi connectivity index (χ4n) is 2.74. The van der Waals surface area contributed by atoms with Gasteiger partial charge in [-0.25, -0.2) is 23.7 Å². The zero-order valence-corrected chi connectivity index (χ0v) is 13.6. The molecule has 0 aliphatic rings. The summed E-state index contributed by atoms with van der Waals surface area (Å²) in [5.41, 5.74) is 0.616. The number of imidazole rings is 1. The average molecular weight is 352 g/mol. The molecular formula is C18H13FN4O3. The van der Waals surface area contributed by atoms with Crippen molar-refractivity contribution in [1.29, 1.82) is 0 Å². The Labute approximate surface area is 146 Å². The fraction of sp³-hybridized carbons (Fsp3) is 0.0556. The largest absolute Gasteiger partial charge is 0.508 e. The van der Waals surface area contributed by atoms with Crippen LogP contribution in [0.1, 0.15) is 0 Å². The highest BCUT2D eigenvalue weighted by Gasteiger charge is 2.17. The van der Waals surface area contributed by atoms with E-state index >= 15 is 0 Å². The molecule has 8 heteroatoms. The summed E-state index contributed by atoms with van der Waals surface area (Å²) in [7, 11) is 1.35. The van der Waals surface area contributed by atoms with Crippen LogP contribution in [0.25, 0.3) is 28.2 Å². The summed E-state index contributed by atoms with van der Waals surface area (Å²) in [6, 6.07) is 10.9. The molecule has 0 saturated heterocycles. The maximum absolute atomic E-state index is 14.6. The lowest BCUT2D eigenvalue weighted by Crippen LogP contribution is -2.16. The van der Waals surface area contributed by atoms with Crippen LogP contribution in [-0.4, -0.2) is 31.7 Å². The summed E-state index contributed by atoms with van der Waals surface area (Å²) >= 11 is 0. The molecule has 2 N–H and O–H groups in total. The predicted octanol–water partition coefficient (Wildman–Crippen LogP) is 2.63. The van der Waals surface area contributed by atoms with Crippen LogP contribution in [0, 0.1) is 5.82 Å². The maximum Gasteiger partial charge on any atom is 0.332 e. The van der Waals surface area contributed by atoms with Crippen molar-refractivity contribution in [3.63, 3.8) is 0 Å². The van der Waals surface area contributed by atoms with E-state index in [4.69, 9.17) is 4.74 Å². The SMILES string of the molecule is COc1cccc(-n2c(=O)[nH]c3cnc(-c4cccc(O)c4)nc32)c1F. The number of benzene rings is 2. The molecule has 0 radical (unpaired) electrons. The Hall–Kier alpha value is -3.68. The Bertz CT molecular complexity index is 1180. The van der Waals surface area contributed by atoms with E-state index in [1.807, 2.05) is 0 Å². The molecule has 0 saturated carbocycles. The first-order chi connectivity index (χ1) is 12.6. The van der Waals surface area contributed by atoms with Crippen molar-refractivity contribution in [2.24, 2.45) is 0 Å². The van der Waals surface area contributed by atoms with Crippen LogP contribution >= 0.6 is 0 Å². The minimum Gasteiger partial charge on any atom is -0.508 e. The van der Waals surface area contributed by atoms with Crippen LogP contribution in [0.5, 0.6) is 11.5 Å². The minimum atomic E-state index is -0.671. The normalized spacial score (nSPS) is 11.0. The first-order valence-electron chi connectivity index (χ1n) is 7.68. The molecule has 7 nitrogen and oxygen atoms in total. The van der Waals surface area contributed by atoms with Gasteiger partial charge in [0.25, 0.3) is 0 Å². The third-order valence-electron chi connectivity index (χ3n) is 3.93. The number of nitrogens with zero attached hydrogens (tertiary/aromatic N) is 3. The van der Waals surface area contributed by atoms with E-state index in [1.165, 1.54) is 37.6 Å². The zero-order valence-electron chi connectivity index (χ0n) is 13.6. The molecule has 0 unspecified atom stereocenters. The lowest BCUT2D eigenvalue weighted by Gasteiger charge is -2.08. The summed E-state index contributed by atoms with van der Waals surface area (Å²) < 4.78 is 20.8. The summed E-state index contributed by atoms with van der Waals surface area (Å²) in [6.07, 6.45) is 1.44. The van der Waals surface area contributed by atoms with Gasteiger partial charge in [0.2, 0.25) is 0 Å². The molecule has 0 atom stereocenters. The average Bonchev–Trinajstić information content (AvgIpc) is 2.97. The number of phenolic OH excluding ortho intramolecular Hbond substituents is 1. The van der Waals surface area contributed by atoms with Crippen molar-refractivity contribution in [3.8, 4) is 28.6 Å². The second kappa shape index (κ2) is 5.99.